The van der Waals surface area contributed by atoms with Crippen molar-refractivity contribution in [3.8, 4) is 0 Å². The maximum absolute atomic E-state index is 10.8. The van der Waals surface area contributed by atoms with Crippen molar-refractivity contribution in [2.45, 2.75) is 11.3 Å². The molecule has 0 spiro atoms. The van der Waals surface area contributed by atoms with Crippen LogP contribution in [0.25, 0.3) is 0 Å². The van der Waals surface area contributed by atoms with E-state index in [0.29, 0.717) is 12.3 Å². The molecule has 0 heterocycles. The predicted octanol–water partition coefficient (Wildman–Crippen LogP) is 1.30. The van der Waals surface area contributed by atoms with Gasteiger partial charge < -0.3 is 5.73 Å². The molecule has 1 aromatic rings. The third kappa shape index (κ3) is 2.60. The van der Waals surface area contributed by atoms with Gasteiger partial charge in [0.25, 0.3) is 10.1 Å². The van der Waals surface area contributed by atoms with E-state index in [9.17, 15) is 8.42 Å². The Morgan fingerprint density at radius 2 is 2.07 bits per heavy atom. The van der Waals surface area contributed by atoms with Crippen molar-refractivity contribution < 1.29 is 13.0 Å². The molecule has 6 heteroatoms. The number of hydrogen-bond acceptors (Lipinski definition) is 3. The molecule has 78 valence electrons. The van der Waals surface area contributed by atoms with Crippen LogP contribution >= 0.6 is 11.6 Å². The molecule has 14 heavy (non-hydrogen) atoms. The molecule has 3 N–H and O–H groups in total. The first-order valence-corrected chi connectivity index (χ1v) is 5.84. The van der Waals surface area contributed by atoms with Gasteiger partial charge in [0.05, 0.1) is 5.69 Å². The van der Waals surface area contributed by atoms with E-state index in [1.54, 1.807) is 6.07 Å². The van der Waals surface area contributed by atoms with Crippen LogP contribution < -0.4 is 5.73 Å². The minimum absolute atomic E-state index is 0.0371. The Morgan fingerprint density at radius 1 is 1.43 bits per heavy atom. The molecular formula is C8H10ClNO3S. The van der Waals surface area contributed by atoms with Crippen LogP contribution in [0.2, 0.25) is 0 Å². The van der Waals surface area contributed by atoms with Crippen LogP contribution in [-0.4, -0.2) is 18.9 Å². The van der Waals surface area contributed by atoms with E-state index in [1.807, 2.05) is 0 Å². The smallest absolute Gasteiger partial charge is 0.296 e. The first-order chi connectivity index (χ1) is 6.45. The van der Waals surface area contributed by atoms with Crippen molar-refractivity contribution in [2.75, 3.05) is 11.6 Å². The molecule has 0 aromatic heterocycles. The van der Waals surface area contributed by atoms with E-state index in [2.05, 4.69) is 0 Å². The molecule has 0 saturated carbocycles. The standard InChI is InChI=1S/C8H10ClNO3S/c9-4-3-6-1-2-8(7(10)5-6)14(11,12)13/h1-2,5H,3-4,10H2,(H,11,12,13). The van der Waals surface area contributed by atoms with Gasteiger partial charge in [-0.3, -0.25) is 4.55 Å². The summed E-state index contributed by atoms with van der Waals surface area (Å²) in [4.78, 5) is -0.268. The number of nitrogen functional groups attached to an aromatic ring is 1. The first-order valence-electron chi connectivity index (χ1n) is 3.87. The second-order valence-electron chi connectivity index (χ2n) is 2.79. The molecule has 0 aliphatic carbocycles. The quantitative estimate of drug-likeness (QED) is 0.470. The van der Waals surface area contributed by atoms with E-state index in [1.165, 1.54) is 12.1 Å². The minimum atomic E-state index is -4.22. The largest absolute Gasteiger partial charge is 0.398 e. The van der Waals surface area contributed by atoms with E-state index in [0.717, 1.165) is 5.56 Å². The number of halogens is 1. The van der Waals surface area contributed by atoms with Gasteiger partial charge >= 0.3 is 0 Å². The SMILES string of the molecule is Nc1cc(CCCl)ccc1S(=O)(=O)O. The summed E-state index contributed by atoms with van der Waals surface area (Å²) in [5.41, 5.74) is 6.33. The van der Waals surface area contributed by atoms with Gasteiger partial charge in [-0.2, -0.15) is 8.42 Å². The average molecular weight is 236 g/mol. The molecule has 0 unspecified atom stereocenters. The lowest BCUT2D eigenvalue weighted by atomic mass is 10.1. The Labute approximate surface area is 87.4 Å². The van der Waals surface area contributed by atoms with Gasteiger partial charge in [-0.05, 0) is 24.1 Å². The van der Waals surface area contributed by atoms with Gasteiger partial charge in [-0.15, -0.1) is 11.6 Å². The number of benzene rings is 1. The summed E-state index contributed by atoms with van der Waals surface area (Å²) in [6.45, 7) is 0. The van der Waals surface area contributed by atoms with Gasteiger partial charge in [0.15, 0.2) is 0 Å². The van der Waals surface area contributed by atoms with E-state index < -0.39 is 10.1 Å². The molecule has 0 fully saturated rings. The normalized spacial score (nSPS) is 11.6. The highest BCUT2D eigenvalue weighted by molar-refractivity contribution is 7.86. The summed E-state index contributed by atoms with van der Waals surface area (Å²) in [5.74, 6) is 0.435. The number of hydrogen-bond donors (Lipinski definition) is 2. The number of rotatable bonds is 3. The minimum Gasteiger partial charge on any atom is -0.398 e. The lowest BCUT2D eigenvalue weighted by molar-refractivity contribution is 0.483. The zero-order valence-corrected chi connectivity index (χ0v) is 8.85. The van der Waals surface area contributed by atoms with Gasteiger partial charge in [0.2, 0.25) is 0 Å². The first kappa shape index (κ1) is 11.3. The van der Waals surface area contributed by atoms with E-state index in [-0.39, 0.29) is 10.6 Å². The fraction of sp³-hybridized carbons (Fsp3) is 0.250. The molecule has 0 aliphatic heterocycles. The third-order valence-corrected chi connectivity index (χ3v) is 2.85. The molecule has 0 bridgehead atoms. The lowest BCUT2D eigenvalue weighted by Gasteiger charge is -2.04. The molecule has 1 rings (SSSR count). The molecule has 0 atom stereocenters. The Hall–Kier alpha value is -0.780. The van der Waals surface area contributed by atoms with E-state index in [4.69, 9.17) is 21.9 Å². The molecule has 0 saturated heterocycles. The molecule has 0 aliphatic rings. The van der Waals surface area contributed by atoms with Crippen molar-refractivity contribution in [2.24, 2.45) is 0 Å². The molecule has 4 nitrogen and oxygen atoms in total. The molecular weight excluding hydrogens is 226 g/mol. The predicted molar refractivity (Wildman–Crippen MR) is 55.1 cm³/mol. The molecule has 0 radical (unpaired) electrons. The van der Waals surface area contributed by atoms with Gasteiger partial charge in [0.1, 0.15) is 4.90 Å². The van der Waals surface area contributed by atoms with Crippen molar-refractivity contribution in [3.05, 3.63) is 23.8 Å². The van der Waals surface area contributed by atoms with Gasteiger partial charge in [-0.25, -0.2) is 0 Å². The molecule has 0 amide bonds. The van der Waals surface area contributed by atoms with Crippen LogP contribution in [0.4, 0.5) is 5.69 Å². The Morgan fingerprint density at radius 3 is 2.50 bits per heavy atom. The highest BCUT2D eigenvalue weighted by Gasteiger charge is 2.13. The van der Waals surface area contributed by atoms with Crippen LogP contribution in [0, 0.1) is 0 Å². The van der Waals surface area contributed by atoms with Gasteiger partial charge in [-0.1, -0.05) is 6.07 Å². The van der Waals surface area contributed by atoms with Crippen molar-refractivity contribution in [1.82, 2.24) is 0 Å². The summed E-state index contributed by atoms with van der Waals surface area (Å²) in [6, 6.07) is 4.33. The topological polar surface area (TPSA) is 80.4 Å². The van der Waals surface area contributed by atoms with Crippen LogP contribution in [0.15, 0.2) is 23.1 Å². The summed E-state index contributed by atoms with van der Waals surface area (Å²) >= 11 is 5.51. The van der Waals surface area contributed by atoms with Crippen LogP contribution in [0.3, 0.4) is 0 Å². The highest BCUT2D eigenvalue weighted by atomic mass is 35.5. The summed E-state index contributed by atoms with van der Waals surface area (Å²) < 4.78 is 30.3. The van der Waals surface area contributed by atoms with Crippen LogP contribution in [0.1, 0.15) is 5.56 Å². The Balaban J connectivity index is 3.15. The number of anilines is 1. The Bertz CT molecular complexity index is 430. The molecule has 1 aromatic carbocycles. The number of aryl methyl sites for hydroxylation is 1. The fourth-order valence-electron chi connectivity index (χ4n) is 1.10. The van der Waals surface area contributed by atoms with Gasteiger partial charge in [0, 0.05) is 5.88 Å². The zero-order valence-electron chi connectivity index (χ0n) is 7.27. The second-order valence-corrected chi connectivity index (χ2v) is 4.55. The van der Waals surface area contributed by atoms with Crippen molar-refractivity contribution in [1.29, 1.82) is 0 Å². The van der Waals surface area contributed by atoms with Crippen LogP contribution in [-0.2, 0) is 16.5 Å². The van der Waals surface area contributed by atoms with Crippen LogP contribution in [0.5, 0.6) is 0 Å². The number of alkyl halides is 1. The maximum Gasteiger partial charge on any atom is 0.296 e. The number of nitrogens with two attached hydrogens (primary N) is 1. The fourth-order valence-corrected chi connectivity index (χ4v) is 1.91. The Kier molecular flexibility index (Phi) is 3.36. The highest BCUT2D eigenvalue weighted by Crippen LogP contribution is 2.19. The third-order valence-electron chi connectivity index (χ3n) is 1.74. The van der Waals surface area contributed by atoms with Crippen molar-refractivity contribution in [3.63, 3.8) is 0 Å². The summed E-state index contributed by atoms with van der Waals surface area (Å²) in [5, 5.41) is 0. The summed E-state index contributed by atoms with van der Waals surface area (Å²) in [6.07, 6.45) is 0.609. The monoisotopic (exact) mass is 235 g/mol. The zero-order chi connectivity index (χ0) is 10.8. The maximum atomic E-state index is 10.8. The lowest BCUT2D eigenvalue weighted by Crippen LogP contribution is -2.03. The summed E-state index contributed by atoms with van der Waals surface area (Å²) in [7, 11) is -4.22. The average Bonchev–Trinajstić information content (AvgIpc) is 2.02. The van der Waals surface area contributed by atoms with Crippen molar-refractivity contribution >= 4 is 27.4 Å². The van der Waals surface area contributed by atoms with E-state index >= 15 is 0 Å². The second kappa shape index (κ2) is 4.16.